The van der Waals surface area contributed by atoms with Crippen LogP contribution in [0.2, 0.25) is 0 Å². The molecule has 0 aromatic heterocycles. The Bertz CT molecular complexity index is 898. The molecule has 0 spiro atoms. The third kappa shape index (κ3) is 7.86. The van der Waals surface area contributed by atoms with Crippen LogP contribution < -0.4 is 21.8 Å². The molecule has 1 atom stereocenters. The zero-order chi connectivity index (χ0) is 23.5. The highest BCUT2D eigenvalue weighted by molar-refractivity contribution is 5.97. The van der Waals surface area contributed by atoms with Crippen LogP contribution in [0.1, 0.15) is 15.9 Å². The Balaban J connectivity index is 1.92. The van der Waals surface area contributed by atoms with Gasteiger partial charge < -0.3 is 21.3 Å². The zero-order valence-corrected chi connectivity index (χ0v) is 18.4. The number of hydrogen-bond donors (Lipinski definition) is 5. The molecular weight excluding hydrogens is 410 g/mol. The molecule has 6 N–H and O–H groups in total. The summed E-state index contributed by atoms with van der Waals surface area (Å²) >= 11 is 0. The molecule has 2 rings (SSSR count). The van der Waals surface area contributed by atoms with Crippen LogP contribution >= 0.6 is 0 Å². The van der Waals surface area contributed by atoms with Gasteiger partial charge in [0.15, 0.2) is 5.78 Å². The normalized spacial score (nSPS) is 11.8. The van der Waals surface area contributed by atoms with Crippen LogP contribution in [0, 0.1) is 0 Å². The van der Waals surface area contributed by atoms with Gasteiger partial charge >= 0.3 is 0 Å². The minimum Gasteiger partial charge on any atom is -0.339 e. The van der Waals surface area contributed by atoms with Crippen molar-refractivity contribution in [3.05, 3.63) is 59.7 Å². The van der Waals surface area contributed by atoms with E-state index in [1.807, 2.05) is 38.4 Å². The molecule has 0 aliphatic heterocycles. The molecule has 0 heterocycles. The summed E-state index contributed by atoms with van der Waals surface area (Å²) in [5.41, 5.74) is 10.1. The molecule has 0 aliphatic rings. The predicted octanol–water partition coefficient (Wildman–Crippen LogP) is 0.179. The fraction of sp³-hybridized carbons (Fsp3) is 0.348. The van der Waals surface area contributed by atoms with Gasteiger partial charge in [-0.05, 0) is 42.9 Å². The van der Waals surface area contributed by atoms with E-state index in [0.717, 1.165) is 29.8 Å². The van der Waals surface area contributed by atoms with Crippen molar-refractivity contribution in [3.63, 3.8) is 0 Å². The van der Waals surface area contributed by atoms with Gasteiger partial charge in [-0.1, -0.05) is 36.4 Å². The Morgan fingerprint density at radius 3 is 2.12 bits per heavy atom. The first-order chi connectivity index (χ1) is 15.3. The summed E-state index contributed by atoms with van der Waals surface area (Å²) in [6.07, 6.45) is 0.373. The van der Waals surface area contributed by atoms with E-state index in [0.29, 0.717) is 18.5 Å². The maximum atomic E-state index is 12.3. The summed E-state index contributed by atoms with van der Waals surface area (Å²) in [7, 11) is 3.98. The number of ketones is 1. The number of carbonyl (C=O) groups excluding carboxylic acids is 3. The van der Waals surface area contributed by atoms with E-state index in [9.17, 15) is 14.4 Å². The Labute approximate surface area is 187 Å². The van der Waals surface area contributed by atoms with Gasteiger partial charge in [-0.15, -0.1) is 0 Å². The number of hydrogen-bond acceptors (Lipinski definition) is 7. The molecule has 2 aromatic carbocycles. The minimum absolute atomic E-state index is 0.137. The Hall–Kier alpha value is -3.11. The molecule has 32 heavy (non-hydrogen) atoms. The van der Waals surface area contributed by atoms with Gasteiger partial charge in [-0.25, -0.2) is 5.48 Å². The highest BCUT2D eigenvalue weighted by Gasteiger charge is 2.19. The summed E-state index contributed by atoms with van der Waals surface area (Å²) < 4.78 is 0. The third-order valence-electron chi connectivity index (χ3n) is 4.86. The number of amides is 2. The summed E-state index contributed by atoms with van der Waals surface area (Å²) in [4.78, 5) is 37.9. The molecule has 2 aromatic rings. The van der Waals surface area contributed by atoms with Crippen molar-refractivity contribution in [2.45, 2.75) is 12.5 Å². The van der Waals surface area contributed by atoms with E-state index < -0.39 is 17.9 Å². The molecule has 0 saturated heterocycles. The van der Waals surface area contributed by atoms with Crippen LogP contribution in [0.4, 0.5) is 0 Å². The zero-order valence-electron chi connectivity index (χ0n) is 18.4. The lowest BCUT2D eigenvalue weighted by Gasteiger charge is -2.14. The Kier molecular flexibility index (Phi) is 9.96. The van der Waals surface area contributed by atoms with E-state index >= 15 is 0 Å². The lowest BCUT2D eigenvalue weighted by atomic mass is 10.0. The van der Waals surface area contributed by atoms with Crippen LogP contribution in [-0.2, 0) is 16.0 Å². The average Bonchev–Trinajstić information content (AvgIpc) is 2.80. The lowest BCUT2D eigenvalue weighted by molar-refractivity contribution is -0.130. The fourth-order valence-electron chi connectivity index (χ4n) is 3.00. The molecule has 9 heteroatoms. The Morgan fingerprint density at radius 1 is 1.00 bits per heavy atom. The van der Waals surface area contributed by atoms with Gasteiger partial charge in [-0.2, -0.15) is 0 Å². The summed E-state index contributed by atoms with van der Waals surface area (Å²) in [6, 6.07) is 13.6. The second-order valence-corrected chi connectivity index (χ2v) is 7.71. The van der Waals surface area contributed by atoms with Crippen LogP contribution in [-0.4, -0.2) is 74.0 Å². The monoisotopic (exact) mass is 441 g/mol. The van der Waals surface area contributed by atoms with E-state index in [1.165, 1.54) is 5.48 Å². The molecular formula is C23H31N5O4. The first-order valence-electron chi connectivity index (χ1n) is 10.4. The van der Waals surface area contributed by atoms with Gasteiger partial charge in [-0.3, -0.25) is 19.6 Å². The average molecular weight is 442 g/mol. The van der Waals surface area contributed by atoms with Crippen LogP contribution in [0.3, 0.4) is 0 Å². The minimum atomic E-state index is -1.02. The maximum Gasteiger partial charge on any atom is 0.267 e. The highest BCUT2D eigenvalue weighted by atomic mass is 16.5. The van der Waals surface area contributed by atoms with E-state index in [2.05, 4.69) is 15.5 Å². The molecule has 0 bridgehead atoms. The second kappa shape index (κ2) is 12.7. The van der Waals surface area contributed by atoms with Gasteiger partial charge in [0.1, 0.15) is 6.04 Å². The first kappa shape index (κ1) is 25.2. The van der Waals surface area contributed by atoms with Crippen molar-refractivity contribution in [1.82, 2.24) is 21.0 Å². The summed E-state index contributed by atoms with van der Waals surface area (Å²) in [6.45, 7) is 1.86. The number of nitrogens with zero attached hydrogens (tertiary/aromatic N) is 1. The number of carbonyl (C=O) groups is 3. The van der Waals surface area contributed by atoms with Crippen LogP contribution in [0.5, 0.6) is 0 Å². The van der Waals surface area contributed by atoms with Gasteiger partial charge in [0.25, 0.3) is 11.8 Å². The number of likely N-dealkylation sites (N-methyl/N-ethyl adjacent to an activating group) is 1. The van der Waals surface area contributed by atoms with Crippen LogP contribution in [0.15, 0.2) is 48.5 Å². The van der Waals surface area contributed by atoms with Crippen molar-refractivity contribution in [3.8, 4) is 11.1 Å². The molecule has 172 valence electrons. The van der Waals surface area contributed by atoms with Crippen LogP contribution in [0.25, 0.3) is 11.1 Å². The standard InChI is InChI=1S/C23H31N5O4/c1-28(2)12-11-25-15-20(29)13-16-3-5-17(6-4-16)18-7-9-19(10-8-18)22(30)26-21(14-24)23(31)27-32/h3-10,21,25,32H,11-15,24H2,1-2H3,(H,26,30)(H,27,31)/t21-/m0/s1. The van der Waals surface area contributed by atoms with Crippen molar-refractivity contribution in [1.29, 1.82) is 0 Å². The molecule has 0 aliphatic carbocycles. The van der Waals surface area contributed by atoms with Gasteiger partial charge in [0.05, 0.1) is 6.54 Å². The number of benzene rings is 2. The molecule has 0 unspecified atom stereocenters. The van der Waals surface area contributed by atoms with E-state index in [-0.39, 0.29) is 12.3 Å². The number of nitrogens with two attached hydrogens (primary N) is 1. The van der Waals surface area contributed by atoms with Crippen molar-refractivity contribution < 1.29 is 19.6 Å². The SMILES string of the molecule is CN(C)CCNCC(=O)Cc1ccc(-c2ccc(C(=O)N[C@@H](CN)C(=O)NO)cc2)cc1. The van der Waals surface area contributed by atoms with E-state index in [1.54, 1.807) is 24.3 Å². The lowest BCUT2D eigenvalue weighted by Crippen LogP contribution is -2.50. The quantitative estimate of drug-likeness (QED) is 0.180. The molecule has 0 saturated carbocycles. The summed E-state index contributed by atoms with van der Waals surface area (Å²) in [5.74, 6) is -1.11. The van der Waals surface area contributed by atoms with Crippen molar-refractivity contribution >= 4 is 17.6 Å². The second-order valence-electron chi connectivity index (χ2n) is 7.71. The van der Waals surface area contributed by atoms with E-state index in [4.69, 9.17) is 10.9 Å². The molecule has 0 fully saturated rings. The van der Waals surface area contributed by atoms with Crippen molar-refractivity contribution in [2.24, 2.45) is 5.73 Å². The number of hydroxylamine groups is 1. The maximum absolute atomic E-state index is 12.3. The number of nitrogens with one attached hydrogen (secondary N) is 3. The number of rotatable bonds is 12. The van der Waals surface area contributed by atoms with Gasteiger partial charge in [0.2, 0.25) is 0 Å². The largest absolute Gasteiger partial charge is 0.339 e. The summed E-state index contributed by atoms with van der Waals surface area (Å²) in [5, 5.41) is 14.3. The third-order valence-corrected chi connectivity index (χ3v) is 4.86. The smallest absolute Gasteiger partial charge is 0.267 e. The first-order valence-corrected chi connectivity index (χ1v) is 10.4. The highest BCUT2D eigenvalue weighted by Crippen LogP contribution is 2.20. The topological polar surface area (TPSA) is 137 Å². The Morgan fingerprint density at radius 2 is 1.59 bits per heavy atom. The molecule has 2 amide bonds. The molecule has 0 radical (unpaired) electrons. The fourth-order valence-corrected chi connectivity index (χ4v) is 3.00. The predicted molar refractivity (Wildman–Crippen MR) is 122 cm³/mol. The molecule has 9 nitrogen and oxygen atoms in total. The van der Waals surface area contributed by atoms with Gasteiger partial charge in [0, 0.05) is 31.6 Å². The number of Topliss-reactive ketones (excluding diaryl/α,β-unsaturated/α-hetero) is 1. The van der Waals surface area contributed by atoms with Crippen molar-refractivity contribution in [2.75, 3.05) is 40.3 Å².